The Labute approximate surface area is 124 Å². The van der Waals surface area contributed by atoms with E-state index < -0.39 is 0 Å². The second-order valence-corrected chi connectivity index (χ2v) is 5.30. The van der Waals surface area contributed by atoms with Gasteiger partial charge in [0.25, 0.3) is 0 Å². The van der Waals surface area contributed by atoms with Gasteiger partial charge in [-0.15, -0.1) is 11.8 Å². The lowest BCUT2D eigenvalue weighted by Crippen LogP contribution is -2.14. The van der Waals surface area contributed by atoms with Crippen molar-refractivity contribution in [2.45, 2.75) is 24.8 Å². The summed E-state index contributed by atoms with van der Waals surface area (Å²) < 4.78 is 5.78. The van der Waals surface area contributed by atoms with Crippen LogP contribution in [0, 0.1) is 0 Å². The zero-order chi connectivity index (χ0) is 14.2. The summed E-state index contributed by atoms with van der Waals surface area (Å²) in [6.45, 7) is 3.93. The number of pyridine rings is 1. The summed E-state index contributed by atoms with van der Waals surface area (Å²) in [6, 6.07) is 13.9. The first-order chi connectivity index (χ1) is 9.81. The highest BCUT2D eigenvalue weighted by molar-refractivity contribution is 7.98. The van der Waals surface area contributed by atoms with Gasteiger partial charge in [0.1, 0.15) is 5.75 Å². The van der Waals surface area contributed by atoms with E-state index in [-0.39, 0.29) is 0 Å². The predicted octanol–water partition coefficient (Wildman–Crippen LogP) is 4.10. The molecule has 0 aliphatic rings. The van der Waals surface area contributed by atoms with Gasteiger partial charge in [-0.3, -0.25) is 0 Å². The highest BCUT2D eigenvalue weighted by Gasteiger charge is 2.01. The molecule has 3 nitrogen and oxygen atoms in total. The molecule has 2 aromatic rings. The van der Waals surface area contributed by atoms with E-state index in [0.29, 0.717) is 5.88 Å². The van der Waals surface area contributed by atoms with E-state index in [1.54, 1.807) is 11.8 Å². The molecule has 0 saturated carbocycles. The van der Waals surface area contributed by atoms with Gasteiger partial charge >= 0.3 is 0 Å². The summed E-state index contributed by atoms with van der Waals surface area (Å²) >= 11 is 1.72. The molecule has 0 saturated heterocycles. The largest absolute Gasteiger partial charge is 0.439 e. The highest BCUT2D eigenvalue weighted by atomic mass is 32.2. The third-order valence-corrected chi connectivity index (χ3v) is 3.54. The summed E-state index contributed by atoms with van der Waals surface area (Å²) in [5, 5.41) is 3.34. The smallest absolute Gasteiger partial charge is 0.219 e. The monoisotopic (exact) mass is 288 g/mol. The number of ether oxygens (including phenoxy) is 1. The van der Waals surface area contributed by atoms with Crippen molar-refractivity contribution in [3.8, 4) is 11.6 Å². The second-order valence-electron chi connectivity index (χ2n) is 4.42. The van der Waals surface area contributed by atoms with Crippen molar-refractivity contribution in [2.24, 2.45) is 0 Å². The Kier molecular flexibility index (Phi) is 5.89. The van der Waals surface area contributed by atoms with Gasteiger partial charge in [0.15, 0.2) is 0 Å². The van der Waals surface area contributed by atoms with Crippen LogP contribution in [0.25, 0.3) is 0 Å². The molecule has 106 valence electrons. The van der Waals surface area contributed by atoms with Crippen LogP contribution < -0.4 is 10.1 Å². The molecule has 4 heteroatoms. The number of rotatable bonds is 7. The zero-order valence-corrected chi connectivity index (χ0v) is 12.7. The van der Waals surface area contributed by atoms with E-state index in [2.05, 4.69) is 23.5 Å². The quantitative estimate of drug-likeness (QED) is 0.614. The minimum atomic E-state index is 0.637. The van der Waals surface area contributed by atoms with Gasteiger partial charge in [-0.2, -0.15) is 0 Å². The minimum Gasteiger partial charge on any atom is -0.439 e. The molecule has 0 aliphatic heterocycles. The Morgan fingerprint density at radius 2 is 1.95 bits per heavy atom. The molecular formula is C16H20N2OS. The number of aromatic nitrogens is 1. The van der Waals surface area contributed by atoms with Crippen LogP contribution in [-0.2, 0) is 6.54 Å². The number of thioether (sulfide) groups is 1. The minimum absolute atomic E-state index is 0.637. The van der Waals surface area contributed by atoms with E-state index in [4.69, 9.17) is 4.74 Å². The summed E-state index contributed by atoms with van der Waals surface area (Å²) in [6.07, 6.45) is 3.18. The first-order valence-electron chi connectivity index (χ1n) is 6.80. The summed E-state index contributed by atoms with van der Waals surface area (Å²) in [7, 11) is 0. The second kappa shape index (κ2) is 7.92. The first kappa shape index (κ1) is 14.9. The van der Waals surface area contributed by atoms with Crippen LogP contribution in [0.15, 0.2) is 47.4 Å². The van der Waals surface area contributed by atoms with Gasteiger partial charge in [0.2, 0.25) is 5.88 Å². The molecule has 0 spiro atoms. The maximum Gasteiger partial charge on any atom is 0.219 e. The molecule has 1 heterocycles. The average Bonchev–Trinajstić information content (AvgIpc) is 2.49. The van der Waals surface area contributed by atoms with Crippen LogP contribution in [0.1, 0.15) is 19.0 Å². The molecule has 1 N–H and O–H groups in total. The Hall–Kier alpha value is -1.52. The van der Waals surface area contributed by atoms with E-state index >= 15 is 0 Å². The summed E-state index contributed by atoms with van der Waals surface area (Å²) in [4.78, 5) is 5.72. The summed E-state index contributed by atoms with van der Waals surface area (Å²) in [5.74, 6) is 1.45. The topological polar surface area (TPSA) is 34.1 Å². The Bertz CT molecular complexity index is 528. The lowest BCUT2D eigenvalue weighted by Gasteiger charge is -2.07. The molecule has 0 atom stereocenters. The van der Waals surface area contributed by atoms with E-state index in [9.17, 15) is 0 Å². The van der Waals surface area contributed by atoms with Gasteiger partial charge in [0.05, 0.1) is 5.69 Å². The maximum absolute atomic E-state index is 5.78. The molecule has 0 amide bonds. The molecule has 0 aliphatic carbocycles. The van der Waals surface area contributed by atoms with Crippen LogP contribution in [0.5, 0.6) is 11.6 Å². The summed E-state index contributed by atoms with van der Waals surface area (Å²) in [5.41, 5.74) is 0.997. The third kappa shape index (κ3) is 4.54. The average molecular weight is 288 g/mol. The van der Waals surface area contributed by atoms with E-state index in [0.717, 1.165) is 31.0 Å². The highest BCUT2D eigenvalue weighted by Crippen LogP contribution is 2.23. The lowest BCUT2D eigenvalue weighted by molar-refractivity contribution is 0.459. The van der Waals surface area contributed by atoms with Crippen molar-refractivity contribution in [3.05, 3.63) is 48.2 Å². The van der Waals surface area contributed by atoms with Gasteiger partial charge in [0, 0.05) is 17.5 Å². The zero-order valence-electron chi connectivity index (χ0n) is 11.9. The van der Waals surface area contributed by atoms with Gasteiger partial charge in [-0.1, -0.05) is 13.0 Å². The van der Waals surface area contributed by atoms with Gasteiger partial charge < -0.3 is 10.1 Å². The molecule has 1 aromatic carbocycles. The predicted molar refractivity (Wildman–Crippen MR) is 84.5 cm³/mol. The number of benzene rings is 1. The Balaban J connectivity index is 1.99. The molecule has 2 rings (SSSR count). The van der Waals surface area contributed by atoms with Crippen LogP contribution in [0.2, 0.25) is 0 Å². The lowest BCUT2D eigenvalue weighted by atomic mass is 10.3. The van der Waals surface area contributed by atoms with Crippen molar-refractivity contribution in [1.29, 1.82) is 0 Å². The van der Waals surface area contributed by atoms with Crippen molar-refractivity contribution in [2.75, 3.05) is 12.8 Å². The molecular weight excluding hydrogens is 268 g/mol. The van der Waals surface area contributed by atoms with Gasteiger partial charge in [-0.05, 0) is 49.6 Å². The molecule has 1 aromatic heterocycles. The van der Waals surface area contributed by atoms with Crippen LogP contribution in [0.4, 0.5) is 0 Å². The number of hydrogen-bond donors (Lipinski definition) is 1. The van der Waals surface area contributed by atoms with Crippen molar-refractivity contribution < 1.29 is 4.74 Å². The number of hydrogen-bond acceptors (Lipinski definition) is 4. The fourth-order valence-electron chi connectivity index (χ4n) is 1.77. The molecule has 0 radical (unpaired) electrons. The normalized spacial score (nSPS) is 10.5. The van der Waals surface area contributed by atoms with E-state index in [1.165, 1.54) is 4.90 Å². The number of nitrogens with zero attached hydrogens (tertiary/aromatic N) is 1. The number of nitrogens with one attached hydrogen (secondary N) is 1. The molecule has 0 fully saturated rings. The third-order valence-electron chi connectivity index (χ3n) is 2.80. The van der Waals surface area contributed by atoms with Crippen molar-refractivity contribution in [3.63, 3.8) is 0 Å². The first-order valence-corrected chi connectivity index (χ1v) is 8.03. The fraction of sp³-hybridized carbons (Fsp3) is 0.312. The fourth-order valence-corrected chi connectivity index (χ4v) is 2.18. The standard InChI is InChI=1S/C16H20N2OS/c1-3-11-17-12-13-5-4-6-16(18-13)19-14-7-9-15(20-2)10-8-14/h4-10,17H,3,11-12H2,1-2H3. The maximum atomic E-state index is 5.78. The van der Waals surface area contributed by atoms with Crippen molar-refractivity contribution in [1.82, 2.24) is 10.3 Å². The molecule has 20 heavy (non-hydrogen) atoms. The molecule has 0 bridgehead atoms. The van der Waals surface area contributed by atoms with Crippen LogP contribution in [0.3, 0.4) is 0 Å². The Morgan fingerprint density at radius 1 is 1.15 bits per heavy atom. The van der Waals surface area contributed by atoms with Crippen LogP contribution in [-0.4, -0.2) is 17.8 Å². The van der Waals surface area contributed by atoms with Crippen LogP contribution >= 0.6 is 11.8 Å². The SMILES string of the molecule is CCCNCc1cccc(Oc2ccc(SC)cc2)n1. The van der Waals surface area contributed by atoms with E-state index in [1.807, 2.05) is 42.5 Å². The van der Waals surface area contributed by atoms with Crippen molar-refractivity contribution >= 4 is 11.8 Å². The Morgan fingerprint density at radius 3 is 2.65 bits per heavy atom. The van der Waals surface area contributed by atoms with Gasteiger partial charge in [-0.25, -0.2) is 4.98 Å². The molecule has 0 unspecified atom stereocenters.